The van der Waals surface area contributed by atoms with Crippen molar-refractivity contribution in [1.82, 2.24) is 5.48 Å². The molecule has 7 nitrogen and oxygen atoms in total. The Hall–Kier alpha value is -2.59. The fraction of sp³-hybridized carbons (Fsp3) is 0.400. The number of fused-ring (bicyclic) bond motifs is 2. The molecule has 0 aromatic heterocycles. The first-order chi connectivity index (χ1) is 10.5. The summed E-state index contributed by atoms with van der Waals surface area (Å²) >= 11 is 0. The molecule has 0 aromatic rings. The van der Waals surface area contributed by atoms with Crippen LogP contribution in [0.4, 0.5) is 0 Å². The minimum atomic E-state index is 0.232. The number of nitrogens with one attached hydrogen (secondary N) is 1. The first-order valence-corrected chi connectivity index (χ1v) is 6.77. The van der Waals surface area contributed by atoms with E-state index in [1.54, 1.807) is 11.8 Å². The van der Waals surface area contributed by atoms with Gasteiger partial charge in [-0.15, -0.1) is 0 Å². The van der Waals surface area contributed by atoms with Crippen LogP contribution in [-0.2, 0) is 14.5 Å². The van der Waals surface area contributed by atoms with Gasteiger partial charge in [-0.1, -0.05) is 5.16 Å². The number of rotatable bonds is 5. The summed E-state index contributed by atoms with van der Waals surface area (Å²) in [4.78, 5) is 15.6. The maximum Gasteiger partial charge on any atom is 0.252 e. The van der Waals surface area contributed by atoms with E-state index in [0.717, 1.165) is 28.3 Å². The van der Waals surface area contributed by atoms with Crippen molar-refractivity contribution < 1.29 is 19.3 Å². The van der Waals surface area contributed by atoms with Crippen LogP contribution in [0.2, 0.25) is 0 Å². The van der Waals surface area contributed by atoms with E-state index in [-0.39, 0.29) is 5.71 Å². The van der Waals surface area contributed by atoms with Gasteiger partial charge in [-0.2, -0.15) is 5.26 Å². The fourth-order valence-corrected chi connectivity index (χ4v) is 2.36. The van der Waals surface area contributed by atoms with E-state index in [4.69, 9.17) is 14.5 Å². The Morgan fingerprint density at radius 1 is 1.45 bits per heavy atom. The zero-order chi connectivity index (χ0) is 16.3. The standard InChI is InChI=1S/C15H19N4O3/c1-9-6-12-7-13(14(8-16)18-21-5)15(9)22-19(12)11(3)10(2)17-20-4/h6,17H,7H2,1-5H3/q+1. The molecule has 7 heteroatoms. The van der Waals surface area contributed by atoms with Crippen molar-refractivity contribution >= 4 is 11.4 Å². The van der Waals surface area contributed by atoms with Crippen LogP contribution in [0.25, 0.3) is 0 Å². The van der Waals surface area contributed by atoms with Gasteiger partial charge in [0.2, 0.25) is 11.5 Å². The zero-order valence-corrected chi connectivity index (χ0v) is 13.4. The van der Waals surface area contributed by atoms with Crippen LogP contribution in [0.3, 0.4) is 0 Å². The van der Waals surface area contributed by atoms with E-state index in [2.05, 4.69) is 10.6 Å². The largest absolute Gasteiger partial charge is 0.398 e. The van der Waals surface area contributed by atoms with Gasteiger partial charge in [0, 0.05) is 23.3 Å². The third kappa shape index (κ3) is 2.73. The van der Waals surface area contributed by atoms with Crippen LogP contribution in [0, 0.1) is 11.3 Å². The summed E-state index contributed by atoms with van der Waals surface area (Å²) in [6.07, 6.45) is 2.59. The van der Waals surface area contributed by atoms with Crippen LogP contribution in [-0.4, -0.2) is 30.4 Å². The van der Waals surface area contributed by atoms with Crippen LogP contribution < -0.4 is 5.48 Å². The SMILES string of the molecule is CON=C(C#N)C1=C2O[N+](C(C)=C(C)NOC)=C(C=C2C)C1. The number of hydrogen-bond donors (Lipinski definition) is 1. The molecule has 0 amide bonds. The number of hydroxylamine groups is 2. The van der Waals surface area contributed by atoms with Gasteiger partial charge in [0.15, 0.2) is 5.71 Å². The molecule has 0 unspecified atom stereocenters. The van der Waals surface area contributed by atoms with Crippen molar-refractivity contribution in [3.05, 3.63) is 34.4 Å². The average Bonchev–Trinajstić information content (AvgIpc) is 2.51. The second-order valence-corrected chi connectivity index (χ2v) is 4.94. The van der Waals surface area contributed by atoms with Crippen molar-refractivity contribution in [2.75, 3.05) is 14.2 Å². The molecule has 0 fully saturated rings. The van der Waals surface area contributed by atoms with Crippen molar-refractivity contribution in [3.8, 4) is 6.07 Å². The van der Waals surface area contributed by atoms with Gasteiger partial charge in [-0.25, -0.2) is 4.84 Å². The summed E-state index contributed by atoms with van der Waals surface area (Å²) in [5.41, 5.74) is 7.35. The van der Waals surface area contributed by atoms with Crippen molar-refractivity contribution in [3.63, 3.8) is 0 Å². The summed E-state index contributed by atoms with van der Waals surface area (Å²) < 4.78 is 1.73. The lowest BCUT2D eigenvalue weighted by Crippen LogP contribution is -2.33. The van der Waals surface area contributed by atoms with E-state index in [1.807, 2.05) is 32.9 Å². The Kier molecular flexibility index (Phi) is 4.63. The van der Waals surface area contributed by atoms with Gasteiger partial charge in [0.1, 0.15) is 18.9 Å². The average molecular weight is 303 g/mol. The smallest absolute Gasteiger partial charge is 0.252 e. The van der Waals surface area contributed by atoms with Gasteiger partial charge in [-0.3, -0.25) is 10.3 Å². The zero-order valence-electron chi connectivity index (χ0n) is 13.4. The first kappa shape index (κ1) is 15.8. The molecule has 0 radical (unpaired) electrons. The number of nitrogens with zero attached hydrogens (tertiary/aromatic N) is 3. The topological polar surface area (TPSA) is 78.9 Å². The summed E-state index contributed by atoms with van der Waals surface area (Å²) in [6, 6.07) is 2.05. The molecule has 3 rings (SSSR count). The van der Waals surface area contributed by atoms with Gasteiger partial charge < -0.3 is 4.84 Å². The lowest BCUT2D eigenvalue weighted by atomic mass is 9.92. The van der Waals surface area contributed by atoms with Crippen LogP contribution in [0.15, 0.2) is 39.5 Å². The van der Waals surface area contributed by atoms with Crippen molar-refractivity contribution in [2.45, 2.75) is 27.2 Å². The molecule has 2 heterocycles. The quantitative estimate of drug-likeness (QED) is 0.477. The second kappa shape index (κ2) is 6.45. The third-order valence-corrected chi connectivity index (χ3v) is 3.49. The lowest BCUT2D eigenvalue weighted by Gasteiger charge is -2.22. The second-order valence-electron chi connectivity index (χ2n) is 4.94. The molecular formula is C15H19N4O3+. The van der Waals surface area contributed by atoms with Crippen molar-refractivity contribution in [2.24, 2.45) is 5.16 Å². The molecule has 116 valence electrons. The molecule has 1 aliphatic carbocycles. The van der Waals surface area contributed by atoms with Gasteiger partial charge >= 0.3 is 0 Å². The summed E-state index contributed by atoms with van der Waals surface area (Å²) in [5.74, 6) is 0.636. The van der Waals surface area contributed by atoms with E-state index in [0.29, 0.717) is 12.2 Å². The summed E-state index contributed by atoms with van der Waals surface area (Å²) in [7, 11) is 2.97. The normalized spacial score (nSPS) is 18.5. The van der Waals surface area contributed by atoms with Gasteiger partial charge in [0.25, 0.3) is 5.70 Å². The molecule has 22 heavy (non-hydrogen) atoms. The summed E-state index contributed by atoms with van der Waals surface area (Å²) in [6.45, 7) is 5.75. The Bertz CT molecular complexity index is 690. The predicted octanol–water partition coefficient (Wildman–Crippen LogP) is 1.92. The Morgan fingerprint density at radius 2 is 2.18 bits per heavy atom. The molecule has 0 saturated heterocycles. The Morgan fingerprint density at radius 3 is 2.73 bits per heavy atom. The number of hydrogen-bond acceptors (Lipinski definition) is 6. The van der Waals surface area contributed by atoms with E-state index < -0.39 is 0 Å². The first-order valence-electron chi connectivity index (χ1n) is 6.77. The maximum absolute atomic E-state index is 9.23. The maximum atomic E-state index is 9.23. The Labute approximate surface area is 129 Å². The third-order valence-electron chi connectivity index (χ3n) is 3.49. The van der Waals surface area contributed by atoms with Gasteiger partial charge in [0.05, 0.1) is 19.1 Å². The van der Waals surface area contributed by atoms with Crippen LogP contribution >= 0.6 is 0 Å². The Balaban J connectivity index is 2.45. The van der Waals surface area contributed by atoms with Crippen LogP contribution in [0.5, 0.6) is 0 Å². The molecule has 0 atom stereocenters. The van der Waals surface area contributed by atoms with E-state index >= 15 is 0 Å². The number of nitriles is 1. The highest BCUT2D eigenvalue weighted by Crippen LogP contribution is 2.32. The molecule has 0 aromatic carbocycles. The monoisotopic (exact) mass is 303 g/mol. The van der Waals surface area contributed by atoms with E-state index in [9.17, 15) is 5.26 Å². The summed E-state index contributed by atoms with van der Waals surface area (Å²) in [5, 5.41) is 13.0. The fourth-order valence-electron chi connectivity index (χ4n) is 2.36. The highest BCUT2D eigenvalue weighted by molar-refractivity contribution is 6.16. The molecule has 2 aliphatic heterocycles. The predicted molar refractivity (Wildman–Crippen MR) is 80.3 cm³/mol. The number of allylic oxidation sites excluding steroid dienone is 5. The highest BCUT2D eigenvalue weighted by atomic mass is 16.7. The van der Waals surface area contributed by atoms with Crippen molar-refractivity contribution in [1.29, 1.82) is 5.26 Å². The molecule has 3 aliphatic rings. The van der Waals surface area contributed by atoms with Gasteiger partial charge in [-0.05, 0) is 13.8 Å². The minimum Gasteiger partial charge on any atom is -0.398 e. The van der Waals surface area contributed by atoms with E-state index in [1.165, 1.54) is 7.11 Å². The lowest BCUT2D eigenvalue weighted by molar-refractivity contribution is -0.741. The number of oxime groups is 1. The molecule has 0 spiro atoms. The van der Waals surface area contributed by atoms with Crippen LogP contribution in [0.1, 0.15) is 27.2 Å². The molecule has 0 saturated carbocycles. The molecule has 1 N–H and O–H groups in total. The highest BCUT2D eigenvalue weighted by Gasteiger charge is 2.38. The molecule has 2 bridgehead atoms. The minimum absolute atomic E-state index is 0.232. The molecular weight excluding hydrogens is 284 g/mol.